The van der Waals surface area contributed by atoms with Crippen molar-refractivity contribution in [2.24, 2.45) is 5.92 Å². The molecule has 0 unspecified atom stereocenters. The molecule has 0 saturated heterocycles. The van der Waals surface area contributed by atoms with Crippen LogP contribution >= 0.6 is 0 Å². The van der Waals surface area contributed by atoms with Crippen LogP contribution in [0, 0.1) is 5.92 Å². The van der Waals surface area contributed by atoms with E-state index in [1.165, 1.54) is 0 Å². The van der Waals surface area contributed by atoms with Gasteiger partial charge in [0.05, 0.1) is 19.7 Å². The minimum Gasteiger partial charge on any atom is -0.465 e. The highest BCUT2D eigenvalue weighted by Crippen LogP contribution is 1.91. The first kappa shape index (κ1) is 18.4. The third-order valence-electron chi connectivity index (χ3n) is 2.40. The average Bonchev–Trinajstić information content (AvgIpc) is 2.35. The summed E-state index contributed by atoms with van der Waals surface area (Å²) in [5.41, 5.74) is 0. The Kier molecular flexibility index (Phi) is 9.36. The summed E-state index contributed by atoms with van der Waals surface area (Å²) in [5.74, 6) is -0.518. The Morgan fingerprint density at radius 2 is 1.80 bits per heavy atom. The van der Waals surface area contributed by atoms with Crippen molar-refractivity contribution in [2.45, 2.75) is 27.7 Å². The summed E-state index contributed by atoms with van der Waals surface area (Å²) in [7, 11) is 0. The molecule has 0 atom stereocenters. The molecule has 20 heavy (non-hydrogen) atoms. The zero-order chi connectivity index (χ0) is 15.5. The van der Waals surface area contributed by atoms with Crippen molar-refractivity contribution >= 4 is 17.9 Å². The summed E-state index contributed by atoms with van der Waals surface area (Å²) in [6, 6.07) is -0.518. The predicted octanol–water partition coefficient (Wildman–Crippen LogP) is 0.353. The van der Waals surface area contributed by atoms with Crippen LogP contribution in [0.1, 0.15) is 27.7 Å². The maximum absolute atomic E-state index is 11.6. The number of carbonyl (C=O) groups excluding carboxylic acids is 3. The maximum Gasteiger partial charge on any atom is 0.321 e. The number of carbonyl (C=O) groups is 3. The Labute approximate surface area is 120 Å². The summed E-state index contributed by atoms with van der Waals surface area (Å²) >= 11 is 0. The van der Waals surface area contributed by atoms with Gasteiger partial charge in [-0.1, -0.05) is 20.8 Å². The van der Waals surface area contributed by atoms with E-state index in [1.807, 2.05) is 20.8 Å². The Morgan fingerprint density at radius 1 is 1.15 bits per heavy atom. The summed E-state index contributed by atoms with van der Waals surface area (Å²) in [6.45, 7) is 8.79. The zero-order valence-electron chi connectivity index (χ0n) is 12.7. The lowest BCUT2D eigenvalue weighted by atomic mass is 10.2. The van der Waals surface area contributed by atoms with Crippen molar-refractivity contribution < 1.29 is 19.1 Å². The number of nitrogens with one attached hydrogen (secondary N) is 2. The Morgan fingerprint density at radius 3 is 2.30 bits per heavy atom. The van der Waals surface area contributed by atoms with Crippen LogP contribution in [-0.4, -0.2) is 55.6 Å². The quantitative estimate of drug-likeness (QED) is 0.629. The molecule has 0 aliphatic heterocycles. The smallest absolute Gasteiger partial charge is 0.321 e. The highest BCUT2D eigenvalue weighted by Gasteiger charge is 2.15. The molecule has 0 heterocycles. The van der Waals surface area contributed by atoms with E-state index < -0.39 is 11.9 Å². The average molecular weight is 287 g/mol. The molecule has 116 valence electrons. The van der Waals surface area contributed by atoms with Crippen LogP contribution in [0.3, 0.4) is 0 Å². The van der Waals surface area contributed by atoms with Gasteiger partial charge in [-0.3, -0.25) is 19.8 Å². The number of hydrogen-bond donors (Lipinski definition) is 2. The van der Waals surface area contributed by atoms with Gasteiger partial charge in [0.2, 0.25) is 5.91 Å². The highest BCUT2D eigenvalue weighted by atomic mass is 16.5. The Bertz CT molecular complexity index is 332. The molecule has 2 N–H and O–H groups in total. The van der Waals surface area contributed by atoms with Gasteiger partial charge in [-0.05, 0) is 19.4 Å². The third kappa shape index (κ3) is 9.32. The number of ether oxygens (including phenoxy) is 1. The first-order chi connectivity index (χ1) is 9.38. The number of nitrogens with zero attached hydrogens (tertiary/aromatic N) is 1. The summed E-state index contributed by atoms with van der Waals surface area (Å²) in [6.07, 6.45) is 0. The van der Waals surface area contributed by atoms with Crippen molar-refractivity contribution in [3.8, 4) is 0 Å². The predicted molar refractivity (Wildman–Crippen MR) is 75.1 cm³/mol. The van der Waals surface area contributed by atoms with Crippen LogP contribution in [0.2, 0.25) is 0 Å². The molecule has 0 aromatic rings. The SMILES string of the molecule is CCOC(=O)CN(CC)CC(=O)NC(=O)NCC(C)C. The Hall–Kier alpha value is -1.63. The molecule has 0 rings (SSSR count). The van der Waals surface area contributed by atoms with Crippen LogP contribution in [-0.2, 0) is 14.3 Å². The second-order valence-corrected chi connectivity index (χ2v) is 4.76. The first-order valence-electron chi connectivity index (χ1n) is 6.84. The number of esters is 1. The second kappa shape index (κ2) is 10.2. The van der Waals surface area contributed by atoms with E-state index in [1.54, 1.807) is 11.8 Å². The van der Waals surface area contributed by atoms with E-state index >= 15 is 0 Å². The number of likely N-dealkylation sites (N-methyl/N-ethyl adjacent to an activating group) is 1. The van der Waals surface area contributed by atoms with Crippen LogP contribution in [0.4, 0.5) is 4.79 Å². The lowest BCUT2D eigenvalue weighted by Gasteiger charge is -2.18. The molecular weight excluding hydrogens is 262 g/mol. The van der Waals surface area contributed by atoms with E-state index in [4.69, 9.17) is 4.74 Å². The van der Waals surface area contributed by atoms with Crippen molar-refractivity contribution in [3.63, 3.8) is 0 Å². The van der Waals surface area contributed by atoms with E-state index in [2.05, 4.69) is 10.6 Å². The minimum atomic E-state index is -0.518. The molecule has 0 spiro atoms. The molecule has 0 radical (unpaired) electrons. The number of hydrogen-bond acceptors (Lipinski definition) is 5. The van der Waals surface area contributed by atoms with Crippen LogP contribution in [0.25, 0.3) is 0 Å². The van der Waals surface area contributed by atoms with Gasteiger partial charge in [0.25, 0.3) is 0 Å². The van der Waals surface area contributed by atoms with Gasteiger partial charge < -0.3 is 10.1 Å². The van der Waals surface area contributed by atoms with Gasteiger partial charge in [0.1, 0.15) is 0 Å². The van der Waals surface area contributed by atoms with Crippen LogP contribution in [0.5, 0.6) is 0 Å². The lowest BCUT2D eigenvalue weighted by Crippen LogP contribution is -2.46. The van der Waals surface area contributed by atoms with Crippen LogP contribution < -0.4 is 10.6 Å². The summed E-state index contributed by atoms with van der Waals surface area (Å²) in [4.78, 5) is 36.0. The lowest BCUT2D eigenvalue weighted by molar-refractivity contribution is -0.144. The summed E-state index contributed by atoms with van der Waals surface area (Å²) in [5, 5.41) is 4.81. The molecule has 0 bridgehead atoms. The largest absolute Gasteiger partial charge is 0.465 e. The van der Waals surface area contributed by atoms with Gasteiger partial charge in [-0.15, -0.1) is 0 Å². The standard InChI is InChI=1S/C13H25N3O4/c1-5-16(9-12(18)20-6-2)8-11(17)15-13(19)14-7-10(3)4/h10H,5-9H2,1-4H3,(H2,14,15,17,19). The van der Waals surface area contributed by atoms with E-state index in [9.17, 15) is 14.4 Å². The molecule has 0 aliphatic carbocycles. The second-order valence-electron chi connectivity index (χ2n) is 4.76. The fraction of sp³-hybridized carbons (Fsp3) is 0.769. The Balaban J connectivity index is 4.08. The van der Waals surface area contributed by atoms with Crippen molar-refractivity contribution in [1.29, 1.82) is 0 Å². The molecule has 0 fully saturated rings. The molecule has 0 saturated carbocycles. The van der Waals surface area contributed by atoms with Gasteiger partial charge >= 0.3 is 12.0 Å². The molecule has 3 amide bonds. The molecular formula is C13H25N3O4. The number of imide groups is 1. The monoisotopic (exact) mass is 287 g/mol. The maximum atomic E-state index is 11.6. The van der Waals surface area contributed by atoms with Crippen molar-refractivity contribution in [3.05, 3.63) is 0 Å². The van der Waals surface area contributed by atoms with Gasteiger partial charge in [0.15, 0.2) is 0 Å². The number of urea groups is 1. The molecule has 7 heteroatoms. The third-order valence-corrected chi connectivity index (χ3v) is 2.40. The normalized spacial score (nSPS) is 10.5. The first-order valence-corrected chi connectivity index (χ1v) is 6.84. The topological polar surface area (TPSA) is 87.7 Å². The molecule has 0 aromatic carbocycles. The molecule has 7 nitrogen and oxygen atoms in total. The van der Waals surface area contributed by atoms with Crippen molar-refractivity contribution in [2.75, 3.05) is 32.8 Å². The minimum absolute atomic E-state index is 0.0234. The number of amides is 3. The van der Waals surface area contributed by atoms with E-state index in [0.717, 1.165) is 0 Å². The van der Waals surface area contributed by atoms with Gasteiger partial charge in [-0.25, -0.2) is 4.79 Å². The molecule has 0 aromatic heterocycles. The van der Waals surface area contributed by atoms with Crippen molar-refractivity contribution in [1.82, 2.24) is 15.5 Å². The summed E-state index contributed by atoms with van der Waals surface area (Å²) < 4.78 is 4.81. The number of rotatable bonds is 8. The zero-order valence-corrected chi connectivity index (χ0v) is 12.7. The fourth-order valence-electron chi connectivity index (χ4n) is 1.38. The van der Waals surface area contributed by atoms with E-state index in [0.29, 0.717) is 25.6 Å². The fourth-order valence-corrected chi connectivity index (χ4v) is 1.38. The van der Waals surface area contributed by atoms with Gasteiger partial charge in [0, 0.05) is 6.54 Å². The molecule has 0 aliphatic rings. The highest BCUT2D eigenvalue weighted by molar-refractivity contribution is 5.95. The van der Waals surface area contributed by atoms with Gasteiger partial charge in [-0.2, -0.15) is 0 Å². The van der Waals surface area contributed by atoms with Crippen LogP contribution in [0.15, 0.2) is 0 Å². The van der Waals surface area contributed by atoms with E-state index in [-0.39, 0.29) is 19.1 Å².